The molecule has 1 aromatic carbocycles. The van der Waals surface area contributed by atoms with Crippen LogP contribution in [0.5, 0.6) is 5.75 Å². The van der Waals surface area contributed by atoms with E-state index in [-0.39, 0.29) is 17.5 Å². The van der Waals surface area contributed by atoms with Crippen LogP contribution >= 0.6 is 0 Å². The van der Waals surface area contributed by atoms with Crippen LogP contribution in [0.2, 0.25) is 0 Å². The summed E-state index contributed by atoms with van der Waals surface area (Å²) in [5.74, 6) is 1.33. The molecule has 1 aromatic heterocycles. The zero-order valence-electron chi connectivity index (χ0n) is 13.0. The molecule has 0 amide bonds. The van der Waals surface area contributed by atoms with Gasteiger partial charge in [0, 0.05) is 22.3 Å². The van der Waals surface area contributed by atoms with Gasteiger partial charge in [-0.05, 0) is 25.1 Å². The van der Waals surface area contributed by atoms with Crippen LogP contribution in [-0.2, 0) is 16.6 Å². The maximum absolute atomic E-state index is 13.4. The molecule has 2 aromatic rings. The maximum Gasteiger partial charge on any atom is 0.242 e. The standard InChI is InChI=1S/C15H19FN2O3S/c1-9(2)14-17-15(21-18-14)10(3)22(19)8-11-7-12(16)5-6-13(11)20-4/h5-7,9-10H,8H2,1-4H3/t10-,22+/m1/s1. The summed E-state index contributed by atoms with van der Waals surface area (Å²) in [5.41, 5.74) is 0.552. The van der Waals surface area contributed by atoms with Crippen LogP contribution in [0.25, 0.3) is 0 Å². The van der Waals surface area contributed by atoms with E-state index in [1.807, 2.05) is 13.8 Å². The van der Waals surface area contributed by atoms with E-state index < -0.39 is 16.0 Å². The summed E-state index contributed by atoms with van der Waals surface area (Å²) < 4.78 is 36.2. The van der Waals surface area contributed by atoms with Crippen LogP contribution in [0.3, 0.4) is 0 Å². The van der Waals surface area contributed by atoms with Crippen LogP contribution in [0, 0.1) is 5.82 Å². The van der Waals surface area contributed by atoms with Gasteiger partial charge in [-0.2, -0.15) is 4.98 Å². The molecule has 0 saturated carbocycles. The number of ether oxygens (including phenoxy) is 1. The largest absolute Gasteiger partial charge is 0.496 e. The summed E-state index contributed by atoms with van der Waals surface area (Å²) in [6.07, 6.45) is 0. The first kappa shape index (κ1) is 16.6. The number of halogens is 1. The predicted molar refractivity (Wildman–Crippen MR) is 81.6 cm³/mol. The molecule has 0 fully saturated rings. The Bertz CT molecular complexity index is 673. The Morgan fingerprint density at radius 3 is 2.68 bits per heavy atom. The average molecular weight is 326 g/mol. The van der Waals surface area contributed by atoms with E-state index in [0.29, 0.717) is 23.0 Å². The van der Waals surface area contributed by atoms with Crippen molar-refractivity contribution in [2.24, 2.45) is 0 Å². The van der Waals surface area contributed by atoms with Crippen LogP contribution < -0.4 is 4.74 Å². The lowest BCUT2D eigenvalue weighted by molar-refractivity contribution is 0.371. The Balaban J connectivity index is 2.15. The topological polar surface area (TPSA) is 65.2 Å². The quantitative estimate of drug-likeness (QED) is 0.814. The number of methoxy groups -OCH3 is 1. The SMILES string of the molecule is COc1ccc(F)cc1C[S@](=O)[C@H](C)c1nc(C(C)C)no1. The molecule has 5 nitrogen and oxygen atoms in total. The summed E-state index contributed by atoms with van der Waals surface area (Å²) in [7, 11) is 0.166. The highest BCUT2D eigenvalue weighted by atomic mass is 32.2. The molecule has 0 aliphatic carbocycles. The van der Waals surface area contributed by atoms with Crippen molar-refractivity contribution in [2.45, 2.75) is 37.7 Å². The Morgan fingerprint density at radius 2 is 2.09 bits per heavy atom. The fourth-order valence-electron chi connectivity index (χ4n) is 1.90. The normalized spacial score (nSPS) is 14.1. The van der Waals surface area contributed by atoms with Crippen molar-refractivity contribution in [2.75, 3.05) is 7.11 Å². The lowest BCUT2D eigenvalue weighted by atomic mass is 10.2. The van der Waals surface area contributed by atoms with Crippen molar-refractivity contribution in [3.8, 4) is 5.75 Å². The molecule has 1 heterocycles. The van der Waals surface area contributed by atoms with E-state index in [0.717, 1.165) is 0 Å². The first-order chi connectivity index (χ1) is 10.4. The molecule has 0 aliphatic heterocycles. The highest BCUT2D eigenvalue weighted by Crippen LogP contribution is 2.26. The third-order valence-electron chi connectivity index (χ3n) is 3.26. The van der Waals surface area contributed by atoms with Gasteiger partial charge >= 0.3 is 0 Å². The Labute approximate surface area is 131 Å². The van der Waals surface area contributed by atoms with Crippen molar-refractivity contribution < 1.29 is 17.9 Å². The van der Waals surface area contributed by atoms with E-state index in [1.165, 1.54) is 25.3 Å². The van der Waals surface area contributed by atoms with E-state index >= 15 is 0 Å². The Morgan fingerprint density at radius 1 is 1.36 bits per heavy atom. The number of rotatable bonds is 6. The molecular weight excluding hydrogens is 307 g/mol. The van der Waals surface area contributed by atoms with E-state index in [9.17, 15) is 8.60 Å². The van der Waals surface area contributed by atoms with Gasteiger partial charge < -0.3 is 9.26 Å². The zero-order valence-corrected chi connectivity index (χ0v) is 13.8. The molecule has 0 saturated heterocycles. The number of aromatic nitrogens is 2. The molecule has 0 aliphatic rings. The monoisotopic (exact) mass is 326 g/mol. The average Bonchev–Trinajstić information content (AvgIpc) is 2.96. The van der Waals surface area contributed by atoms with Crippen LogP contribution in [-0.4, -0.2) is 21.5 Å². The first-order valence-corrected chi connectivity index (χ1v) is 8.33. The Hall–Kier alpha value is -1.76. The van der Waals surface area contributed by atoms with Gasteiger partial charge in [0.2, 0.25) is 5.89 Å². The van der Waals surface area contributed by atoms with Gasteiger partial charge in [-0.25, -0.2) is 4.39 Å². The van der Waals surface area contributed by atoms with Gasteiger partial charge in [-0.1, -0.05) is 19.0 Å². The summed E-state index contributed by atoms with van der Waals surface area (Å²) in [6.45, 7) is 5.65. The highest BCUT2D eigenvalue weighted by molar-refractivity contribution is 7.84. The number of nitrogens with zero attached hydrogens (tertiary/aromatic N) is 2. The second-order valence-electron chi connectivity index (χ2n) is 5.27. The fraction of sp³-hybridized carbons (Fsp3) is 0.467. The third-order valence-corrected chi connectivity index (χ3v) is 4.84. The molecule has 7 heteroatoms. The molecule has 0 radical (unpaired) electrons. The van der Waals surface area contributed by atoms with Gasteiger partial charge in [-0.3, -0.25) is 4.21 Å². The number of hydrogen-bond donors (Lipinski definition) is 0. The fourth-order valence-corrected chi connectivity index (χ4v) is 3.00. The lowest BCUT2D eigenvalue weighted by Gasteiger charge is -2.10. The molecule has 2 atom stereocenters. The van der Waals surface area contributed by atoms with Crippen molar-refractivity contribution in [3.63, 3.8) is 0 Å². The summed E-state index contributed by atoms with van der Waals surface area (Å²) in [6, 6.07) is 4.16. The van der Waals surface area contributed by atoms with Gasteiger partial charge in [-0.15, -0.1) is 0 Å². The zero-order chi connectivity index (χ0) is 16.3. The third kappa shape index (κ3) is 3.71. The van der Waals surface area contributed by atoms with Crippen LogP contribution in [0.4, 0.5) is 4.39 Å². The minimum atomic E-state index is -1.33. The number of hydrogen-bond acceptors (Lipinski definition) is 5. The van der Waals surface area contributed by atoms with Gasteiger partial charge in [0.1, 0.15) is 16.8 Å². The molecular formula is C15H19FN2O3S. The van der Waals surface area contributed by atoms with Crippen molar-refractivity contribution in [3.05, 3.63) is 41.3 Å². The van der Waals surface area contributed by atoms with Crippen LogP contribution in [0.1, 0.15) is 49.2 Å². The summed E-state index contributed by atoms with van der Waals surface area (Å²) in [4.78, 5) is 4.26. The summed E-state index contributed by atoms with van der Waals surface area (Å²) in [5, 5.41) is 3.43. The minimum absolute atomic E-state index is 0.140. The molecule has 0 N–H and O–H groups in total. The molecule has 0 spiro atoms. The van der Waals surface area contributed by atoms with Crippen molar-refractivity contribution in [1.82, 2.24) is 10.1 Å². The minimum Gasteiger partial charge on any atom is -0.496 e. The molecule has 120 valence electrons. The Kier molecular flexibility index (Phi) is 5.28. The highest BCUT2D eigenvalue weighted by Gasteiger charge is 2.22. The van der Waals surface area contributed by atoms with E-state index in [4.69, 9.17) is 9.26 Å². The molecule has 2 rings (SSSR count). The molecule has 0 bridgehead atoms. The molecule has 0 unspecified atom stereocenters. The maximum atomic E-state index is 13.4. The van der Waals surface area contributed by atoms with Crippen molar-refractivity contribution >= 4 is 10.8 Å². The summed E-state index contributed by atoms with van der Waals surface area (Å²) >= 11 is 0. The van der Waals surface area contributed by atoms with Gasteiger partial charge in [0.15, 0.2) is 5.82 Å². The smallest absolute Gasteiger partial charge is 0.242 e. The second-order valence-corrected chi connectivity index (χ2v) is 7.03. The van der Waals surface area contributed by atoms with E-state index in [1.54, 1.807) is 6.92 Å². The van der Waals surface area contributed by atoms with Gasteiger partial charge in [0.25, 0.3) is 0 Å². The van der Waals surface area contributed by atoms with E-state index in [2.05, 4.69) is 10.1 Å². The lowest BCUT2D eigenvalue weighted by Crippen LogP contribution is -2.07. The predicted octanol–water partition coefficient (Wildman–Crippen LogP) is 3.35. The first-order valence-electron chi connectivity index (χ1n) is 6.95. The van der Waals surface area contributed by atoms with Crippen molar-refractivity contribution in [1.29, 1.82) is 0 Å². The van der Waals surface area contributed by atoms with Crippen LogP contribution in [0.15, 0.2) is 22.7 Å². The van der Waals surface area contributed by atoms with Gasteiger partial charge in [0.05, 0.1) is 12.9 Å². The number of benzene rings is 1. The second kappa shape index (κ2) is 7.00. The molecule has 22 heavy (non-hydrogen) atoms.